The Morgan fingerprint density at radius 3 is 2.71 bits per heavy atom. The number of amides is 1. The van der Waals surface area contributed by atoms with E-state index in [0.29, 0.717) is 11.5 Å². The van der Waals surface area contributed by atoms with Gasteiger partial charge in [0.1, 0.15) is 11.7 Å². The fraction of sp³-hybridized carbons (Fsp3) is 0.471. The highest BCUT2D eigenvalue weighted by atomic mass is 32.2. The second-order valence-electron chi connectivity index (χ2n) is 6.56. The molecule has 2 N–H and O–H groups in total. The van der Waals surface area contributed by atoms with Gasteiger partial charge >= 0.3 is 6.09 Å². The summed E-state index contributed by atoms with van der Waals surface area (Å²) in [7, 11) is 0. The molecule has 1 aromatic carbocycles. The summed E-state index contributed by atoms with van der Waals surface area (Å²) in [5.41, 5.74) is -1.33. The van der Waals surface area contributed by atoms with Gasteiger partial charge in [0.15, 0.2) is 0 Å². The number of carbonyl (C=O) groups is 1. The molecule has 1 aliphatic heterocycles. The number of benzene rings is 1. The van der Waals surface area contributed by atoms with Crippen molar-refractivity contribution in [3.63, 3.8) is 0 Å². The molecule has 2 rings (SSSR count). The Labute approximate surface area is 145 Å². The van der Waals surface area contributed by atoms with Crippen LogP contribution in [0.3, 0.4) is 0 Å². The highest BCUT2D eigenvalue weighted by molar-refractivity contribution is 8.14. The monoisotopic (exact) mass is 347 g/mol. The lowest BCUT2D eigenvalue weighted by molar-refractivity contribution is 0.0518. The number of nitriles is 1. The summed E-state index contributed by atoms with van der Waals surface area (Å²) in [5.74, 6) is 0.153. The van der Waals surface area contributed by atoms with E-state index in [1.807, 2.05) is 30.3 Å². The molecule has 24 heavy (non-hydrogen) atoms. The number of carbonyl (C=O) groups excluding carboxylic acids is 1. The molecule has 1 amide bonds. The van der Waals surface area contributed by atoms with E-state index < -0.39 is 23.5 Å². The molecule has 128 valence electrons. The number of rotatable bonds is 4. The van der Waals surface area contributed by atoms with E-state index in [4.69, 9.17) is 10.00 Å². The summed E-state index contributed by atoms with van der Waals surface area (Å²) in [5, 5.41) is 22.3. The van der Waals surface area contributed by atoms with Crippen molar-refractivity contribution in [2.45, 2.75) is 44.6 Å². The van der Waals surface area contributed by atoms with Gasteiger partial charge in [0.05, 0.1) is 16.8 Å². The van der Waals surface area contributed by atoms with Gasteiger partial charge in [-0.3, -0.25) is 0 Å². The number of alkyl carbamates (subject to hydrolysis) is 1. The molecule has 0 fully saturated rings. The van der Waals surface area contributed by atoms with Crippen molar-refractivity contribution in [3.8, 4) is 6.07 Å². The Morgan fingerprint density at radius 1 is 1.50 bits per heavy atom. The average Bonchev–Trinajstić information content (AvgIpc) is 2.89. The molecule has 0 radical (unpaired) electrons. The van der Waals surface area contributed by atoms with E-state index in [-0.39, 0.29) is 5.75 Å². The van der Waals surface area contributed by atoms with Crippen LogP contribution in [0.25, 0.3) is 0 Å². The van der Waals surface area contributed by atoms with Gasteiger partial charge in [-0.25, -0.2) is 9.79 Å². The Kier molecular flexibility index (Phi) is 5.52. The third-order valence-corrected chi connectivity index (χ3v) is 4.39. The maximum absolute atomic E-state index is 12.1. The quantitative estimate of drug-likeness (QED) is 0.816. The zero-order valence-electron chi connectivity index (χ0n) is 13.9. The van der Waals surface area contributed by atoms with Crippen LogP contribution >= 0.6 is 11.8 Å². The van der Waals surface area contributed by atoms with Crippen LogP contribution in [0.4, 0.5) is 4.79 Å². The van der Waals surface area contributed by atoms with Crippen molar-refractivity contribution >= 4 is 22.9 Å². The number of ether oxygens (including phenoxy) is 1. The van der Waals surface area contributed by atoms with Crippen LogP contribution in [0.5, 0.6) is 0 Å². The summed E-state index contributed by atoms with van der Waals surface area (Å²) in [6.45, 7) is 5.36. The van der Waals surface area contributed by atoms with Crippen molar-refractivity contribution in [2.75, 3.05) is 5.75 Å². The first kappa shape index (κ1) is 18.3. The molecular formula is C17H21N3O3S. The molecule has 0 bridgehead atoms. The van der Waals surface area contributed by atoms with Crippen LogP contribution in [0.15, 0.2) is 35.3 Å². The van der Waals surface area contributed by atoms with Gasteiger partial charge < -0.3 is 15.2 Å². The van der Waals surface area contributed by atoms with Crippen molar-refractivity contribution < 1.29 is 14.6 Å². The van der Waals surface area contributed by atoms with Gasteiger partial charge in [0.25, 0.3) is 5.72 Å². The van der Waals surface area contributed by atoms with Gasteiger partial charge in [-0.05, 0) is 32.8 Å². The van der Waals surface area contributed by atoms with Crippen LogP contribution in [0.1, 0.15) is 26.3 Å². The number of aliphatic hydroxyl groups is 1. The van der Waals surface area contributed by atoms with Crippen molar-refractivity contribution in [3.05, 3.63) is 35.9 Å². The fourth-order valence-electron chi connectivity index (χ4n) is 2.16. The number of nitrogens with zero attached hydrogens (tertiary/aromatic N) is 2. The smallest absolute Gasteiger partial charge is 0.408 e. The Hall–Kier alpha value is -2.04. The first-order valence-electron chi connectivity index (χ1n) is 7.60. The van der Waals surface area contributed by atoms with Gasteiger partial charge in [-0.15, -0.1) is 11.8 Å². The van der Waals surface area contributed by atoms with E-state index in [2.05, 4.69) is 10.3 Å². The number of hydrogen-bond acceptors (Lipinski definition) is 6. The van der Waals surface area contributed by atoms with E-state index >= 15 is 0 Å². The van der Waals surface area contributed by atoms with Gasteiger partial charge in [0.2, 0.25) is 0 Å². The van der Waals surface area contributed by atoms with Crippen LogP contribution in [0.2, 0.25) is 0 Å². The molecule has 7 heteroatoms. The molecular weight excluding hydrogens is 326 g/mol. The van der Waals surface area contributed by atoms with Gasteiger partial charge in [-0.1, -0.05) is 30.3 Å². The SMILES string of the molecule is CC(C)(C)OC(=O)N[C@@H](Cc1ccccc1)C1=NC(O)(C#N)CS1. The molecule has 1 heterocycles. The Balaban J connectivity index is 2.18. The second-order valence-corrected chi connectivity index (χ2v) is 7.55. The Morgan fingerprint density at radius 2 is 2.17 bits per heavy atom. The van der Waals surface area contributed by atoms with E-state index in [1.54, 1.807) is 26.8 Å². The van der Waals surface area contributed by atoms with Crippen LogP contribution in [-0.2, 0) is 11.2 Å². The maximum atomic E-state index is 12.1. The topological polar surface area (TPSA) is 94.7 Å². The number of thioether (sulfide) groups is 1. The van der Waals surface area contributed by atoms with Crippen LogP contribution in [0, 0.1) is 11.3 Å². The Bertz CT molecular complexity index is 664. The van der Waals surface area contributed by atoms with Gasteiger partial charge in [0, 0.05) is 0 Å². The zero-order valence-corrected chi connectivity index (χ0v) is 14.8. The van der Waals surface area contributed by atoms with Crippen LogP contribution in [-0.4, -0.2) is 39.4 Å². The predicted octanol–water partition coefficient (Wildman–Crippen LogP) is 2.48. The molecule has 1 aromatic rings. The highest BCUT2D eigenvalue weighted by Crippen LogP contribution is 2.28. The lowest BCUT2D eigenvalue weighted by Crippen LogP contribution is -2.43. The highest BCUT2D eigenvalue weighted by Gasteiger charge is 2.36. The minimum Gasteiger partial charge on any atom is -0.444 e. The normalized spacial score (nSPS) is 21.5. The summed E-state index contributed by atoms with van der Waals surface area (Å²) in [4.78, 5) is 16.2. The molecule has 0 spiro atoms. The summed E-state index contributed by atoms with van der Waals surface area (Å²) in [6, 6.07) is 10.9. The molecule has 2 atom stereocenters. The molecule has 0 saturated heterocycles. The summed E-state index contributed by atoms with van der Waals surface area (Å²) >= 11 is 1.27. The van der Waals surface area contributed by atoms with Crippen LogP contribution < -0.4 is 5.32 Å². The lowest BCUT2D eigenvalue weighted by atomic mass is 10.1. The second kappa shape index (κ2) is 7.24. The number of hydrogen-bond donors (Lipinski definition) is 2. The molecule has 1 aliphatic rings. The van der Waals surface area contributed by atoms with E-state index in [0.717, 1.165) is 5.56 Å². The molecule has 1 unspecified atom stereocenters. The standard InChI is InChI=1S/C17H21N3O3S/c1-16(2,3)23-15(21)19-13(9-12-7-5-4-6-8-12)14-20-17(22,10-18)11-24-14/h4-8,13,22H,9,11H2,1-3H3,(H,19,21)/t13-,17?/m0/s1. The van der Waals surface area contributed by atoms with E-state index in [1.165, 1.54) is 11.8 Å². The zero-order chi connectivity index (χ0) is 17.8. The molecule has 6 nitrogen and oxygen atoms in total. The third-order valence-electron chi connectivity index (χ3n) is 3.17. The molecule has 0 saturated carbocycles. The summed E-state index contributed by atoms with van der Waals surface area (Å²) < 4.78 is 5.30. The van der Waals surface area contributed by atoms with Gasteiger partial charge in [-0.2, -0.15) is 5.26 Å². The summed E-state index contributed by atoms with van der Waals surface area (Å²) in [6.07, 6.45) is -0.0629. The first-order valence-corrected chi connectivity index (χ1v) is 8.59. The van der Waals surface area contributed by atoms with E-state index in [9.17, 15) is 9.90 Å². The lowest BCUT2D eigenvalue weighted by Gasteiger charge is -2.23. The molecule has 0 aliphatic carbocycles. The fourth-order valence-corrected chi connectivity index (χ4v) is 3.19. The number of nitrogens with one attached hydrogen (secondary N) is 1. The van der Waals surface area contributed by atoms with Crippen molar-refractivity contribution in [1.82, 2.24) is 5.32 Å². The largest absolute Gasteiger partial charge is 0.444 e. The molecule has 0 aromatic heterocycles. The first-order chi connectivity index (χ1) is 11.2. The van der Waals surface area contributed by atoms with Crippen molar-refractivity contribution in [1.29, 1.82) is 5.26 Å². The number of aliphatic imine (C=N–C) groups is 1. The van der Waals surface area contributed by atoms with Crippen molar-refractivity contribution in [2.24, 2.45) is 4.99 Å². The minimum atomic E-state index is -1.73. The maximum Gasteiger partial charge on any atom is 0.408 e. The third kappa shape index (κ3) is 5.25. The average molecular weight is 347 g/mol. The minimum absolute atomic E-state index is 0.153. The predicted molar refractivity (Wildman–Crippen MR) is 93.8 cm³/mol.